The monoisotopic (exact) mass is 389 g/mol. The fourth-order valence-corrected chi connectivity index (χ4v) is 3.37. The molecule has 25 heavy (non-hydrogen) atoms. The Hall–Kier alpha value is -1.01. The average molecular weight is 390 g/mol. The molecule has 0 aliphatic carbocycles. The molecule has 2 aliphatic heterocycles. The molecule has 7 heteroatoms. The van der Waals surface area contributed by atoms with Gasteiger partial charge in [0.05, 0.1) is 13.2 Å². The van der Waals surface area contributed by atoms with Crippen LogP contribution in [0.25, 0.3) is 0 Å². The number of ether oxygens (including phenoxy) is 1. The molecule has 0 radical (unpaired) electrons. The van der Waals surface area contributed by atoms with Crippen molar-refractivity contribution in [2.75, 3.05) is 44.3 Å². The summed E-state index contributed by atoms with van der Waals surface area (Å²) >= 11 is 0. The van der Waals surface area contributed by atoms with Gasteiger partial charge in [-0.3, -0.25) is 4.79 Å². The zero-order chi connectivity index (χ0) is 16.4. The number of piperidine rings is 1. The van der Waals surface area contributed by atoms with Gasteiger partial charge in [-0.25, -0.2) is 0 Å². The van der Waals surface area contributed by atoms with Gasteiger partial charge in [-0.05, 0) is 36.1 Å². The highest BCUT2D eigenvalue weighted by molar-refractivity contribution is 5.94. The van der Waals surface area contributed by atoms with E-state index in [-0.39, 0.29) is 42.2 Å². The minimum absolute atomic E-state index is 0. The first-order valence-corrected chi connectivity index (χ1v) is 8.45. The van der Waals surface area contributed by atoms with Crippen LogP contribution in [0.1, 0.15) is 30.6 Å². The normalized spacial score (nSPS) is 22.6. The Kier molecular flexibility index (Phi) is 8.00. The second-order valence-electron chi connectivity index (χ2n) is 7.26. The summed E-state index contributed by atoms with van der Waals surface area (Å²) in [5.74, 6) is 0.110. The molecule has 1 atom stereocenters. The third-order valence-corrected chi connectivity index (χ3v) is 5.09. The maximum atomic E-state index is 12.7. The topological polar surface area (TPSA) is 58.8 Å². The minimum atomic E-state index is -0.0261. The van der Waals surface area contributed by atoms with Crippen LogP contribution in [0.2, 0.25) is 0 Å². The van der Waals surface area contributed by atoms with Crippen LogP contribution in [-0.4, -0.2) is 56.2 Å². The van der Waals surface area contributed by atoms with E-state index in [4.69, 9.17) is 10.5 Å². The Labute approximate surface area is 162 Å². The van der Waals surface area contributed by atoms with Gasteiger partial charge in [0, 0.05) is 43.5 Å². The van der Waals surface area contributed by atoms with Gasteiger partial charge < -0.3 is 20.3 Å². The highest BCUT2D eigenvalue weighted by Crippen LogP contribution is 2.28. The molecule has 0 bridgehead atoms. The van der Waals surface area contributed by atoms with Gasteiger partial charge in [0.15, 0.2) is 0 Å². The maximum absolute atomic E-state index is 12.7. The average Bonchev–Trinajstić information content (AvgIpc) is 2.57. The SMILES string of the molecule is CC1(C)CN(C(=O)c2ccc(N3CCOCC3)cc2)CCC1N.Cl.Cl. The predicted octanol–water partition coefficient (Wildman–Crippen LogP) is 2.57. The summed E-state index contributed by atoms with van der Waals surface area (Å²) in [7, 11) is 0. The van der Waals surface area contributed by atoms with E-state index < -0.39 is 0 Å². The number of carbonyl (C=O) groups excluding carboxylic acids is 1. The number of carbonyl (C=O) groups is 1. The van der Waals surface area contributed by atoms with Gasteiger partial charge in [0.25, 0.3) is 5.91 Å². The summed E-state index contributed by atoms with van der Waals surface area (Å²) < 4.78 is 5.38. The molecule has 1 unspecified atom stereocenters. The number of morpholine rings is 1. The molecule has 1 aromatic carbocycles. The van der Waals surface area contributed by atoms with Gasteiger partial charge in [0.2, 0.25) is 0 Å². The summed E-state index contributed by atoms with van der Waals surface area (Å²) in [6, 6.07) is 8.12. The molecule has 2 heterocycles. The molecule has 0 saturated carbocycles. The van der Waals surface area contributed by atoms with Crippen LogP contribution in [-0.2, 0) is 4.74 Å². The highest BCUT2D eigenvalue weighted by atomic mass is 35.5. The van der Waals surface area contributed by atoms with Crippen molar-refractivity contribution in [3.05, 3.63) is 29.8 Å². The van der Waals surface area contributed by atoms with E-state index in [0.29, 0.717) is 0 Å². The first kappa shape index (κ1) is 22.0. The molecular weight excluding hydrogens is 361 g/mol. The zero-order valence-electron chi connectivity index (χ0n) is 14.9. The minimum Gasteiger partial charge on any atom is -0.378 e. The second kappa shape index (κ2) is 9.08. The predicted molar refractivity (Wildman–Crippen MR) is 106 cm³/mol. The molecule has 2 N–H and O–H groups in total. The lowest BCUT2D eigenvalue weighted by Crippen LogP contribution is -2.54. The molecule has 142 valence electrons. The van der Waals surface area contributed by atoms with Crippen LogP contribution >= 0.6 is 24.8 Å². The lowest BCUT2D eigenvalue weighted by molar-refractivity contribution is 0.0533. The molecule has 1 aromatic rings. The molecular formula is C18H29Cl2N3O2. The first-order chi connectivity index (χ1) is 11.0. The number of amides is 1. The van der Waals surface area contributed by atoms with E-state index in [9.17, 15) is 4.79 Å². The third-order valence-electron chi connectivity index (χ3n) is 5.09. The van der Waals surface area contributed by atoms with Crippen LogP contribution in [0.3, 0.4) is 0 Å². The van der Waals surface area contributed by atoms with E-state index in [2.05, 4.69) is 18.7 Å². The fraction of sp³-hybridized carbons (Fsp3) is 0.611. The van der Waals surface area contributed by atoms with Gasteiger partial charge in [0.1, 0.15) is 0 Å². The van der Waals surface area contributed by atoms with Gasteiger partial charge in [-0.2, -0.15) is 0 Å². The Morgan fingerprint density at radius 1 is 1.12 bits per heavy atom. The molecule has 2 aliphatic rings. The number of likely N-dealkylation sites (tertiary alicyclic amines) is 1. The standard InChI is InChI=1S/C18H27N3O2.2ClH/c1-18(2)13-21(8-7-16(18)19)17(22)14-3-5-15(6-4-14)20-9-11-23-12-10-20;;/h3-6,16H,7-13,19H2,1-2H3;2*1H. The number of halogens is 2. The number of anilines is 1. The van der Waals surface area contributed by atoms with Crippen LogP contribution in [0, 0.1) is 5.41 Å². The van der Waals surface area contributed by atoms with Crippen molar-refractivity contribution in [2.45, 2.75) is 26.3 Å². The van der Waals surface area contributed by atoms with E-state index >= 15 is 0 Å². The fourth-order valence-electron chi connectivity index (χ4n) is 3.37. The Morgan fingerprint density at radius 3 is 2.28 bits per heavy atom. The van der Waals surface area contributed by atoms with Crippen molar-refractivity contribution in [2.24, 2.45) is 11.1 Å². The second-order valence-corrected chi connectivity index (χ2v) is 7.26. The Bertz CT molecular complexity index is 560. The number of nitrogens with two attached hydrogens (primary N) is 1. The molecule has 2 fully saturated rings. The van der Waals surface area contributed by atoms with Crippen molar-refractivity contribution in [3.8, 4) is 0 Å². The van der Waals surface area contributed by atoms with E-state index in [1.165, 1.54) is 0 Å². The smallest absolute Gasteiger partial charge is 0.253 e. The maximum Gasteiger partial charge on any atom is 0.253 e. The van der Waals surface area contributed by atoms with Gasteiger partial charge in [-0.15, -0.1) is 24.8 Å². The van der Waals surface area contributed by atoms with Crippen molar-refractivity contribution in [1.29, 1.82) is 0 Å². The molecule has 3 rings (SSSR count). The van der Waals surface area contributed by atoms with Crippen LogP contribution in [0.15, 0.2) is 24.3 Å². The highest BCUT2D eigenvalue weighted by Gasteiger charge is 2.35. The molecule has 5 nitrogen and oxygen atoms in total. The van der Waals surface area contributed by atoms with Crippen LogP contribution in [0.4, 0.5) is 5.69 Å². The lowest BCUT2D eigenvalue weighted by Gasteiger charge is -2.42. The van der Waals surface area contributed by atoms with E-state index in [1.807, 2.05) is 29.2 Å². The molecule has 0 aromatic heterocycles. The molecule has 1 amide bonds. The number of nitrogens with zero attached hydrogens (tertiary/aromatic N) is 2. The molecule has 2 saturated heterocycles. The van der Waals surface area contributed by atoms with Gasteiger partial charge >= 0.3 is 0 Å². The molecule has 0 spiro atoms. The lowest BCUT2D eigenvalue weighted by atomic mass is 9.79. The van der Waals surface area contributed by atoms with E-state index in [0.717, 1.165) is 57.1 Å². The summed E-state index contributed by atoms with van der Waals surface area (Å²) in [5.41, 5.74) is 8.05. The van der Waals surface area contributed by atoms with Crippen molar-refractivity contribution in [3.63, 3.8) is 0 Å². The third kappa shape index (κ3) is 5.00. The summed E-state index contributed by atoms with van der Waals surface area (Å²) in [4.78, 5) is 17.0. The van der Waals surface area contributed by atoms with Crippen LogP contribution in [0.5, 0.6) is 0 Å². The number of rotatable bonds is 2. The van der Waals surface area contributed by atoms with Crippen molar-refractivity contribution >= 4 is 36.4 Å². The Morgan fingerprint density at radius 2 is 1.72 bits per heavy atom. The largest absolute Gasteiger partial charge is 0.378 e. The summed E-state index contributed by atoms with van der Waals surface area (Å²) in [6.07, 6.45) is 0.866. The number of hydrogen-bond acceptors (Lipinski definition) is 4. The quantitative estimate of drug-likeness (QED) is 0.843. The van der Waals surface area contributed by atoms with Crippen molar-refractivity contribution in [1.82, 2.24) is 4.90 Å². The number of benzene rings is 1. The number of hydrogen-bond donors (Lipinski definition) is 1. The Balaban J connectivity index is 0.00000156. The van der Waals surface area contributed by atoms with E-state index in [1.54, 1.807) is 0 Å². The summed E-state index contributed by atoms with van der Waals surface area (Å²) in [6.45, 7) is 9.09. The zero-order valence-corrected chi connectivity index (χ0v) is 16.6. The first-order valence-electron chi connectivity index (χ1n) is 8.45. The summed E-state index contributed by atoms with van der Waals surface area (Å²) in [5, 5.41) is 0. The van der Waals surface area contributed by atoms with Gasteiger partial charge in [-0.1, -0.05) is 13.8 Å². The van der Waals surface area contributed by atoms with Crippen LogP contribution < -0.4 is 10.6 Å². The van der Waals surface area contributed by atoms with Crippen molar-refractivity contribution < 1.29 is 9.53 Å².